The quantitative estimate of drug-likeness (QED) is 0.624. The molecule has 0 radical (unpaired) electrons. The van der Waals surface area contributed by atoms with Crippen molar-refractivity contribution >= 4 is 23.2 Å². The SMILES string of the molecule is CCCC(CCC)Nc1ccc(C(N)=O)cc1C(=O)Nc1ccccc1. The maximum absolute atomic E-state index is 12.8. The van der Waals surface area contributed by atoms with E-state index in [9.17, 15) is 9.59 Å². The highest BCUT2D eigenvalue weighted by Gasteiger charge is 2.17. The van der Waals surface area contributed by atoms with Crippen molar-refractivity contribution in [2.45, 2.75) is 45.6 Å². The van der Waals surface area contributed by atoms with Gasteiger partial charge in [-0.05, 0) is 43.2 Å². The number of primary amides is 1. The summed E-state index contributed by atoms with van der Waals surface area (Å²) in [4.78, 5) is 24.3. The van der Waals surface area contributed by atoms with Gasteiger partial charge in [0.2, 0.25) is 5.91 Å². The van der Waals surface area contributed by atoms with E-state index in [2.05, 4.69) is 24.5 Å². The molecule has 0 aliphatic rings. The number of carbonyl (C=O) groups is 2. The largest absolute Gasteiger partial charge is 0.382 e. The third kappa shape index (κ3) is 5.34. The lowest BCUT2D eigenvalue weighted by Crippen LogP contribution is -2.23. The zero-order valence-electron chi connectivity index (χ0n) is 15.4. The van der Waals surface area contributed by atoms with Gasteiger partial charge in [-0.1, -0.05) is 44.9 Å². The third-order valence-corrected chi connectivity index (χ3v) is 4.21. The van der Waals surface area contributed by atoms with Crippen LogP contribution in [0.4, 0.5) is 11.4 Å². The molecule has 0 aliphatic carbocycles. The fourth-order valence-corrected chi connectivity index (χ4v) is 2.94. The van der Waals surface area contributed by atoms with E-state index < -0.39 is 5.91 Å². The number of amides is 2. The van der Waals surface area contributed by atoms with Crippen molar-refractivity contribution in [3.05, 3.63) is 59.7 Å². The monoisotopic (exact) mass is 353 g/mol. The Labute approximate surface area is 155 Å². The summed E-state index contributed by atoms with van der Waals surface area (Å²) in [6, 6.07) is 14.5. The van der Waals surface area contributed by atoms with Crippen LogP contribution in [-0.4, -0.2) is 17.9 Å². The Bertz CT molecular complexity index is 738. The second-order valence-corrected chi connectivity index (χ2v) is 6.36. The molecule has 2 aromatic carbocycles. The van der Waals surface area contributed by atoms with Crippen LogP contribution in [-0.2, 0) is 0 Å². The molecule has 0 aliphatic heterocycles. The summed E-state index contributed by atoms with van der Waals surface area (Å²) in [6.45, 7) is 4.28. The number of hydrogen-bond donors (Lipinski definition) is 3. The molecule has 2 aromatic rings. The lowest BCUT2D eigenvalue weighted by atomic mass is 10.0. The molecule has 2 amide bonds. The summed E-state index contributed by atoms with van der Waals surface area (Å²) in [6.07, 6.45) is 4.15. The summed E-state index contributed by atoms with van der Waals surface area (Å²) < 4.78 is 0. The second kappa shape index (κ2) is 9.61. The van der Waals surface area contributed by atoms with Gasteiger partial charge >= 0.3 is 0 Å². The maximum atomic E-state index is 12.8. The first-order valence-electron chi connectivity index (χ1n) is 9.12. The van der Waals surface area contributed by atoms with Crippen LogP contribution < -0.4 is 16.4 Å². The Balaban J connectivity index is 2.31. The van der Waals surface area contributed by atoms with Gasteiger partial charge in [0.25, 0.3) is 5.91 Å². The predicted octanol–water partition coefficient (Wildman–Crippen LogP) is 4.42. The van der Waals surface area contributed by atoms with E-state index in [1.54, 1.807) is 18.2 Å². The Morgan fingerprint density at radius 1 is 1.00 bits per heavy atom. The van der Waals surface area contributed by atoms with Gasteiger partial charge in [-0.2, -0.15) is 0 Å². The summed E-state index contributed by atoms with van der Waals surface area (Å²) in [5.74, 6) is -0.822. The van der Waals surface area contributed by atoms with Crippen LogP contribution in [0, 0.1) is 0 Å². The Morgan fingerprint density at radius 3 is 2.23 bits per heavy atom. The van der Waals surface area contributed by atoms with E-state index in [-0.39, 0.29) is 11.9 Å². The number of benzene rings is 2. The fraction of sp³-hybridized carbons (Fsp3) is 0.333. The first kappa shape index (κ1) is 19.5. The molecule has 0 saturated carbocycles. The number of nitrogens with two attached hydrogens (primary N) is 1. The second-order valence-electron chi connectivity index (χ2n) is 6.36. The summed E-state index contributed by atoms with van der Waals surface area (Å²) in [7, 11) is 0. The molecule has 2 rings (SSSR count). The number of para-hydroxylation sites is 1. The molecular weight excluding hydrogens is 326 g/mol. The summed E-state index contributed by atoms with van der Waals surface area (Å²) in [5, 5.41) is 6.34. The Morgan fingerprint density at radius 2 is 1.65 bits per heavy atom. The van der Waals surface area contributed by atoms with Gasteiger partial charge in [0.1, 0.15) is 0 Å². The third-order valence-electron chi connectivity index (χ3n) is 4.21. The molecule has 0 fully saturated rings. The van der Waals surface area contributed by atoms with E-state index in [1.165, 1.54) is 0 Å². The van der Waals surface area contributed by atoms with Crippen molar-refractivity contribution in [3.8, 4) is 0 Å². The zero-order valence-corrected chi connectivity index (χ0v) is 15.4. The molecule has 0 aromatic heterocycles. The highest BCUT2D eigenvalue weighted by atomic mass is 16.2. The first-order valence-corrected chi connectivity index (χ1v) is 9.12. The van der Waals surface area contributed by atoms with Crippen LogP contribution >= 0.6 is 0 Å². The molecule has 0 saturated heterocycles. The summed E-state index contributed by atoms with van der Waals surface area (Å²) >= 11 is 0. The van der Waals surface area contributed by atoms with Crippen LogP contribution in [0.3, 0.4) is 0 Å². The van der Waals surface area contributed by atoms with Gasteiger partial charge in [0, 0.05) is 23.0 Å². The van der Waals surface area contributed by atoms with Crippen LogP contribution in [0.2, 0.25) is 0 Å². The molecule has 0 heterocycles. The number of carbonyl (C=O) groups excluding carboxylic acids is 2. The Kier molecular flexibility index (Phi) is 7.21. The minimum Gasteiger partial charge on any atom is -0.382 e. The molecule has 26 heavy (non-hydrogen) atoms. The molecule has 0 unspecified atom stereocenters. The predicted molar refractivity (Wildman–Crippen MR) is 107 cm³/mol. The van der Waals surface area contributed by atoms with E-state index >= 15 is 0 Å². The van der Waals surface area contributed by atoms with Crippen molar-refractivity contribution in [2.24, 2.45) is 5.73 Å². The van der Waals surface area contributed by atoms with Crippen molar-refractivity contribution < 1.29 is 9.59 Å². The van der Waals surface area contributed by atoms with Gasteiger partial charge in [-0.15, -0.1) is 0 Å². The number of hydrogen-bond acceptors (Lipinski definition) is 3. The highest BCUT2D eigenvalue weighted by Crippen LogP contribution is 2.22. The fourth-order valence-electron chi connectivity index (χ4n) is 2.94. The van der Waals surface area contributed by atoms with Crippen molar-refractivity contribution in [3.63, 3.8) is 0 Å². The van der Waals surface area contributed by atoms with Crippen LogP contribution in [0.5, 0.6) is 0 Å². The van der Waals surface area contributed by atoms with Crippen LogP contribution in [0.1, 0.15) is 60.2 Å². The summed E-state index contributed by atoms with van der Waals surface area (Å²) in [5.41, 5.74) is 7.54. The standard InChI is InChI=1S/C21H27N3O2/c1-3-8-16(9-4-2)23-19-13-12-15(20(22)25)14-18(19)21(26)24-17-10-6-5-7-11-17/h5-7,10-14,16,23H,3-4,8-9H2,1-2H3,(H2,22,25)(H,24,26). The lowest BCUT2D eigenvalue weighted by molar-refractivity contribution is 0.1000. The molecule has 0 atom stereocenters. The molecule has 4 N–H and O–H groups in total. The molecular formula is C21H27N3O2. The minimum absolute atomic E-state index is 0.270. The Hall–Kier alpha value is -2.82. The van der Waals surface area contributed by atoms with Gasteiger partial charge in [-0.3, -0.25) is 9.59 Å². The van der Waals surface area contributed by atoms with Gasteiger partial charge in [0.15, 0.2) is 0 Å². The topological polar surface area (TPSA) is 84.2 Å². The van der Waals surface area contributed by atoms with Gasteiger partial charge < -0.3 is 16.4 Å². The first-order chi connectivity index (χ1) is 12.5. The number of anilines is 2. The van der Waals surface area contributed by atoms with E-state index in [0.717, 1.165) is 31.4 Å². The lowest BCUT2D eigenvalue weighted by Gasteiger charge is -2.21. The molecule has 0 bridgehead atoms. The van der Waals surface area contributed by atoms with Crippen LogP contribution in [0.25, 0.3) is 0 Å². The highest BCUT2D eigenvalue weighted by molar-refractivity contribution is 6.09. The van der Waals surface area contributed by atoms with Gasteiger partial charge in [0.05, 0.1) is 5.56 Å². The number of nitrogens with one attached hydrogen (secondary N) is 2. The number of rotatable bonds is 9. The molecule has 138 valence electrons. The molecule has 5 nitrogen and oxygen atoms in total. The maximum Gasteiger partial charge on any atom is 0.257 e. The van der Waals surface area contributed by atoms with E-state index in [1.807, 2.05) is 30.3 Å². The smallest absolute Gasteiger partial charge is 0.257 e. The van der Waals surface area contributed by atoms with Crippen molar-refractivity contribution in [1.29, 1.82) is 0 Å². The van der Waals surface area contributed by atoms with Crippen molar-refractivity contribution in [1.82, 2.24) is 0 Å². The molecule has 0 spiro atoms. The van der Waals surface area contributed by atoms with E-state index in [0.29, 0.717) is 16.8 Å². The van der Waals surface area contributed by atoms with Crippen molar-refractivity contribution in [2.75, 3.05) is 10.6 Å². The van der Waals surface area contributed by atoms with E-state index in [4.69, 9.17) is 5.73 Å². The zero-order chi connectivity index (χ0) is 18.9. The molecule has 5 heteroatoms. The van der Waals surface area contributed by atoms with Crippen LogP contribution in [0.15, 0.2) is 48.5 Å². The van der Waals surface area contributed by atoms with Gasteiger partial charge in [-0.25, -0.2) is 0 Å². The average Bonchev–Trinajstić information content (AvgIpc) is 2.63. The normalized spacial score (nSPS) is 10.6. The average molecular weight is 353 g/mol. The minimum atomic E-state index is -0.552.